The lowest BCUT2D eigenvalue weighted by Crippen LogP contribution is -2.32. The summed E-state index contributed by atoms with van der Waals surface area (Å²) < 4.78 is 7.22. The second-order valence-corrected chi connectivity index (χ2v) is 6.09. The molecule has 0 aliphatic heterocycles. The number of aryl methyl sites for hydroxylation is 1. The van der Waals surface area contributed by atoms with Crippen LogP contribution in [-0.4, -0.2) is 15.5 Å². The third kappa shape index (κ3) is 2.86. The smallest absolute Gasteiger partial charge is 0.269 e. The number of hydrogen-bond acceptors (Lipinski definition) is 4. The topological polar surface area (TPSA) is 77.1 Å². The maximum atomic E-state index is 12.4. The molecule has 0 saturated carbocycles. The number of fused-ring (bicyclic) bond motifs is 2. The molecule has 0 atom stereocenters. The summed E-state index contributed by atoms with van der Waals surface area (Å²) in [5.41, 5.74) is 2.81. The standard InChI is InChI=1S/C20H17N3O3/c1-13-14-6-2-5-9-17(14)26-18(13)10-22-19(24)12-23-16-8-4-3-7-15(16)21-11-20(23)25/h2-9,11H,10,12H2,1H3,(H,22,24). The van der Waals surface area contributed by atoms with Gasteiger partial charge >= 0.3 is 0 Å². The molecule has 0 saturated heterocycles. The monoisotopic (exact) mass is 347 g/mol. The summed E-state index contributed by atoms with van der Waals surface area (Å²) in [4.78, 5) is 28.6. The van der Waals surface area contributed by atoms with E-state index in [9.17, 15) is 9.59 Å². The van der Waals surface area contributed by atoms with Crippen molar-refractivity contribution in [2.45, 2.75) is 20.0 Å². The van der Waals surface area contributed by atoms with Gasteiger partial charge in [0.1, 0.15) is 17.9 Å². The van der Waals surface area contributed by atoms with Crippen molar-refractivity contribution in [3.8, 4) is 0 Å². The van der Waals surface area contributed by atoms with Crippen molar-refractivity contribution in [3.05, 3.63) is 76.4 Å². The number of nitrogens with one attached hydrogen (secondary N) is 1. The number of carbonyl (C=O) groups excluding carboxylic acids is 1. The summed E-state index contributed by atoms with van der Waals surface area (Å²) >= 11 is 0. The zero-order valence-electron chi connectivity index (χ0n) is 14.2. The number of carbonyl (C=O) groups is 1. The van der Waals surface area contributed by atoms with Gasteiger partial charge in [0.15, 0.2) is 0 Å². The van der Waals surface area contributed by atoms with E-state index in [-0.39, 0.29) is 24.6 Å². The van der Waals surface area contributed by atoms with E-state index in [1.54, 1.807) is 12.1 Å². The van der Waals surface area contributed by atoms with E-state index in [4.69, 9.17) is 4.42 Å². The highest BCUT2D eigenvalue weighted by atomic mass is 16.3. The molecule has 0 aliphatic carbocycles. The van der Waals surface area contributed by atoms with Gasteiger partial charge in [0, 0.05) is 10.9 Å². The van der Waals surface area contributed by atoms with Crippen LogP contribution in [-0.2, 0) is 17.9 Å². The number of aromatic nitrogens is 2. The highest BCUT2D eigenvalue weighted by molar-refractivity contribution is 5.83. The predicted molar refractivity (Wildman–Crippen MR) is 98.8 cm³/mol. The minimum absolute atomic E-state index is 0.0683. The van der Waals surface area contributed by atoms with Gasteiger partial charge in [0.05, 0.1) is 23.8 Å². The maximum Gasteiger partial charge on any atom is 0.269 e. The number of nitrogens with zero attached hydrogens (tertiary/aromatic N) is 2. The second kappa shape index (κ2) is 6.48. The highest BCUT2D eigenvalue weighted by Gasteiger charge is 2.12. The average molecular weight is 347 g/mol. The molecule has 0 spiro atoms. The zero-order chi connectivity index (χ0) is 18.1. The van der Waals surface area contributed by atoms with E-state index >= 15 is 0 Å². The Bertz CT molecular complexity index is 1170. The van der Waals surface area contributed by atoms with Crippen LogP contribution in [0.15, 0.2) is 63.9 Å². The van der Waals surface area contributed by atoms with Crippen LogP contribution in [0.25, 0.3) is 22.0 Å². The molecule has 130 valence electrons. The minimum Gasteiger partial charge on any atom is -0.459 e. The van der Waals surface area contributed by atoms with Gasteiger partial charge in [0.25, 0.3) is 5.56 Å². The average Bonchev–Trinajstić information content (AvgIpc) is 2.99. The molecule has 0 bridgehead atoms. The van der Waals surface area contributed by atoms with Gasteiger partial charge in [-0.25, -0.2) is 4.98 Å². The summed E-state index contributed by atoms with van der Waals surface area (Å²) in [5.74, 6) is 0.454. The van der Waals surface area contributed by atoms with Gasteiger partial charge in [-0.15, -0.1) is 0 Å². The molecule has 0 fully saturated rings. The highest BCUT2D eigenvalue weighted by Crippen LogP contribution is 2.24. The fraction of sp³-hybridized carbons (Fsp3) is 0.150. The quantitative estimate of drug-likeness (QED) is 0.616. The van der Waals surface area contributed by atoms with E-state index in [0.717, 1.165) is 16.5 Å². The van der Waals surface area contributed by atoms with Crippen LogP contribution in [0.2, 0.25) is 0 Å². The minimum atomic E-state index is -0.307. The lowest BCUT2D eigenvalue weighted by Gasteiger charge is -2.09. The Morgan fingerprint density at radius 3 is 2.77 bits per heavy atom. The Hall–Kier alpha value is -3.41. The number of hydrogen-bond donors (Lipinski definition) is 1. The first-order valence-electron chi connectivity index (χ1n) is 8.32. The van der Waals surface area contributed by atoms with Gasteiger partial charge in [-0.05, 0) is 25.1 Å². The van der Waals surface area contributed by atoms with E-state index in [0.29, 0.717) is 16.8 Å². The molecule has 4 rings (SSSR count). The molecular formula is C20H17N3O3. The van der Waals surface area contributed by atoms with Gasteiger partial charge in [-0.3, -0.25) is 14.2 Å². The lowest BCUT2D eigenvalue weighted by atomic mass is 10.1. The van der Waals surface area contributed by atoms with Crippen molar-refractivity contribution >= 4 is 27.9 Å². The van der Waals surface area contributed by atoms with Crippen LogP contribution in [0.3, 0.4) is 0 Å². The first-order chi connectivity index (χ1) is 12.6. The van der Waals surface area contributed by atoms with Crippen molar-refractivity contribution in [1.82, 2.24) is 14.9 Å². The molecule has 26 heavy (non-hydrogen) atoms. The summed E-state index contributed by atoms with van der Waals surface area (Å²) in [5, 5.41) is 3.86. The maximum absolute atomic E-state index is 12.4. The third-order valence-electron chi connectivity index (χ3n) is 4.44. The van der Waals surface area contributed by atoms with Gasteiger partial charge in [0.2, 0.25) is 5.91 Å². The SMILES string of the molecule is Cc1c(CNC(=O)Cn2c(=O)cnc3ccccc32)oc2ccccc12. The van der Waals surface area contributed by atoms with Gasteiger partial charge in [-0.2, -0.15) is 0 Å². The zero-order valence-corrected chi connectivity index (χ0v) is 14.2. The fourth-order valence-electron chi connectivity index (χ4n) is 3.05. The Morgan fingerprint density at radius 1 is 1.15 bits per heavy atom. The Labute approximate surface area is 149 Å². The first kappa shape index (κ1) is 16.1. The van der Waals surface area contributed by atoms with E-state index in [1.807, 2.05) is 43.3 Å². The van der Waals surface area contributed by atoms with E-state index < -0.39 is 0 Å². The van der Waals surface area contributed by atoms with Crippen LogP contribution in [0, 0.1) is 6.92 Å². The number of amides is 1. The first-order valence-corrected chi connectivity index (χ1v) is 8.32. The van der Waals surface area contributed by atoms with Crippen LogP contribution in [0.1, 0.15) is 11.3 Å². The van der Waals surface area contributed by atoms with Crippen LogP contribution in [0.5, 0.6) is 0 Å². The predicted octanol–water partition coefficient (Wildman–Crippen LogP) is 2.77. The molecule has 1 N–H and O–H groups in total. The summed E-state index contributed by atoms with van der Waals surface area (Å²) in [6, 6.07) is 15.0. The largest absolute Gasteiger partial charge is 0.459 e. The molecule has 0 radical (unpaired) electrons. The molecule has 4 aromatic rings. The molecule has 2 heterocycles. The molecular weight excluding hydrogens is 330 g/mol. The Balaban J connectivity index is 1.54. The fourth-order valence-corrected chi connectivity index (χ4v) is 3.05. The Morgan fingerprint density at radius 2 is 1.92 bits per heavy atom. The summed E-state index contributed by atoms with van der Waals surface area (Å²) in [7, 11) is 0. The van der Waals surface area contributed by atoms with Crippen molar-refractivity contribution in [1.29, 1.82) is 0 Å². The van der Waals surface area contributed by atoms with Crippen molar-refractivity contribution in [3.63, 3.8) is 0 Å². The number of benzene rings is 2. The number of para-hydroxylation sites is 3. The third-order valence-corrected chi connectivity index (χ3v) is 4.44. The normalized spacial score (nSPS) is 11.1. The number of rotatable bonds is 4. The number of furan rings is 1. The summed E-state index contributed by atoms with van der Waals surface area (Å²) in [6.45, 7) is 2.17. The van der Waals surface area contributed by atoms with Crippen molar-refractivity contribution in [2.75, 3.05) is 0 Å². The molecule has 0 unspecified atom stereocenters. The molecule has 1 amide bonds. The van der Waals surface area contributed by atoms with Crippen LogP contribution < -0.4 is 10.9 Å². The molecule has 6 heteroatoms. The van der Waals surface area contributed by atoms with Gasteiger partial charge < -0.3 is 9.73 Å². The van der Waals surface area contributed by atoms with Crippen molar-refractivity contribution < 1.29 is 9.21 Å². The molecule has 6 nitrogen and oxygen atoms in total. The lowest BCUT2D eigenvalue weighted by molar-refractivity contribution is -0.121. The molecule has 0 aliphatic rings. The van der Waals surface area contributed by atoms with E-state index in [1.165, 1.54) is 10.8 Å². The van der Waals surface area contributed by atoms with Gasteiger partial charge in [-0.1, -0.05) is 30.3 Å². The van der Waals surface area contributed by atoms with Crippen molar-refractivity contribution in [2.24, 2.45) is 0 Å². The summed E-state index contributed by atoms with van der Waals surface area (Å²) in [6.07, 6.45) is 1.24. The Kier molecular flexibility index (Phi) is 4.01. The molecule has 2 aromatic carbocycles. The van der Waals surface area contributed by atoms with Crippen LogP contribution >= 0.6 is 0 Å². The molecule has 2 aromatic heterocycles. The van der Waals surface area contributed by atoms with Crippen LogP contribution in [0.4, 0.5) is 0 Å². The second-order valence-electron chi connectivity index (χ2n) is 6.09. The van der Waals surface area contributed by atoms with E-state index in [2.05, 4.69) is 10.3 Å².